The molecule has 0 spiro atoms. The summed E-state index contributed by atoms with van der Waals surface area (Å²) in [6.07, 6.45) is 0.869. The molecule has 0 unspecified atom stereocenters. The molecule has 3 heteroatoms. The Kier molecular flexibility index (Phi) is 2.83. The normalized spacial score (nSPS) is 9.93. The van der Waals surface area contributed by atoms with E-state index in [1.165, 1.54) is 11.3 Å². The number of rotatable bonds is 3. The number of carbonyl (C=O) groups is 1. The Morgan fingerprint density at radius 3 is 2.80 bits per heavy atom. The van der Waals surface area contributed by atoms with Crippen molar-refractivity contribution < 1.29 is 9.53 Å². The molecule has 76 valence electrons. The fraction of sp³-hybridized carbons (Fsp3) is 0.0833. The topological polar surface area (TPSA) is 26.3 Å². The monoisotopic (exact) mass is 218 g/mol. The van der Waals surface area contributed by atoms with Crippen LogP contribution >= 0.6 is 11.3 Å². The second-order valence-electron chi connectivity index (χ2n) is 3.05. The van der Waals surface area contributed by atoms with Gasteiger partial charge in [0.25, 0.3) is 0 Å². The molecule has 0 fully saturated rings. The highest BCUT2D eigenvalue weighted by atomic mass is 32.1. The summed E-state index contributed by atoms with van der Waals surface area (Å²) in [5.74, 6) is 0.827. The number of thiophene rings is 1. The molecule has 0 aliphatic rings. The van der Waals surface area contributed by atoms with E-state index in [1.54, 1.807) is 7.11 Å². The van der Waals surface area contributed by atoms with Crippen molar-refractivity contribution in [3.8, 4) is 16.2 Å². The highest BCUT2D eigenvalue weighted by molar-refractivity contribution is 7.17. The van der Waals surface area contributed by atoms with Gasteiger partial charge in [-0.3, -0.25) is 4.79 Å². The van der Waals surface area contributed by atoms with Crippen LogP contribution in [-0.4, -0.2) is 13.4 Å². The van der Waals surface area contributed by atoms with Gasteiger partial charge in [0.15, 0.2) is 6.29 Å². The maximum absolute atomic E-state index is 10.6. The Labute approximate surface area is 92.1 Å². The summed E-state index contributed by atoms with van der Waals surface area (Å²) >= 11 is 1.48. The van der Waals surface area contributed by atoms with Gasteiger partial charge in [0, 0.05) is 4.88 Å². The minimum atomic E-state index is 0.743. The maximum Gasteiger partial charge on any atom is 0.160 e. The van der Waals surface area contributed by atoms with Crippen LogP contribution < -0.4 is 4.74 Å². The first kappa shape index (κ1) is 9.93. The van der Waals surface area contributed by atoms with Gasteiger partial charge < -0.3 is 4.74 Å². The summed E-state index contributed by atoms with van der Waals surface area (Å²) in [6.45, 7) is 0. The third-order valence-electron chi connectivity index (χ3n) is 2.10. The Morgan fingerprint density at radius 2 is 2.13 bits per heavy atom. The van der Waals surface area contributed by atoms with Gasteiger partial charge in [-0.15, -0.1) is 11.3 Å². The molecule has 0 radical (unpaired) electrons. The molecular formula is C12H10O2S. The fourth-order valence-electron chi connectivity index (χ4n) is 1.35. The smallest absolute Gasteiger partial charge is 0.160 e. The molecule has 0 N–H and O–H groups in total. The minimum Gasteiger partial charge on any atom is -0.497 e. The Morgan fingerprint density at radius 1 is 1.27 bits per heavy atom. The van der Waals surface area contributed by atoms with Crippen LogP contribution in [0.3, 0.4) is 0 Å². The lowest BCUT2D eigenvalue weighted by atomic mass is 10.2. The summed E-state index contributed by atoms with van der Waals surface area (Å²) < 4.78 is 5.14. The molecule has 0 atom stereocenters. The van der Waals surface area contributed by atoms with Crippen molar-refractivity contribution in [1.29, 1.82) is 0 Å². The Hall–Kier alpha value is -1.61. The predicted molar refractivity (Wildman–Crippen MR) is 61.7 cm³/mol. The van der Waals surface area contributed by atoms with Crippen LogP contribution in [0, 0.1) is 0 Å². The molecule has 0 aliphatic carbocycles. The van der Waals surface area contributed by atoms with Gasteiger partial charge in [0.2, 0.25) is 0 Å². The van der Waals surface area contributed by atoms with Crippen LogP contribution in [0.15, 0.2) is 36.4 Å². The Balaban J connectivity index is 2.39. The first-order chi connectivity index (χ1) is 7.33. The first-order valence-corrected chi connectivity index (χ1v) is 5.34. The molecule has 0 bridgehead atoms. The SMILES string of the molecule is COc1cccc(-c2ccc(C=O)s2)c1. The number of methoxy groups -OCH3 is 1. The van der Waals surface area contributed by atoms with Gasteiger partial charge >= 0.3 is 0 Å². The van der Waals surface area contributed by atoms with Crippen molar-refractivity contribution in [2.45, 2.75) is 0 Å². The van der Waals surface area contributed by atoms with Gasteiger partial charge in [0.1, 0.15) is 5.75 Å². The van der Waals surface area contributed by atoms with Gasteiger partial charge in [-0.05, 0) is 29.8 Å². The van der Waals surface area contributed by atoms with Crippen molar-refractivity contribution in [1.82, 2.24) is 0 Å². The average Bonchev–Trinajstić information content (AvgIpc) is 2.78. The van der Waals surface area contributed by atoms with Crippen LogP contribution in [0.5, 0.6) is 5.75 Å². The molecular weight excluding hydrogens is 208 g/mol. The molecule has 0 saturated heterocycles. The molecule has 0 aliphatic heterocycles. The molecule has 1 aromatic carbocycles. The molecule has 0 amide bonds. The summed E-state index contributed by atoms with van der Waals surface area (Å²) in [4.78, 5) is 12.4. The molecule has 0 saturated carbocycles. The van der Waals surface area contributed by atoms with E-state index in [-0.39, 0.29) is 0 Å². The lowest BCUT2D eigenvalue weighted by Gasteiger charge is -2.01. The fourth-order valence-corrected chi connectivity index (χ4v) is 2.17. The van der Waals surface area contributed by atoms with Crippen molar-refractivity contribution in [3.63, 3.8) is 0 Å². The van der Waals surface area contributed by atoms with E-state index in [2.05, 4.69) is 0 Å². The maximum atomic E-state index is 10.6. The van der Waals surface area contributed by atoms with Crippen molar-refractivity contribution in [3.05, 3.63) is 41.3 Å². The van der Waals surface area contributed by atoms with Crippen LogP contribution in [0.1, 0.15) is 9.67 Å². The third kappa shape index (κ3) is 2.07. The molecule has 2 rings (SSSR count). The van der Waals surface area contributed by atoms with E-state index >= 15 is 0 Å². The zero-order chi connectivity index (χ0) is 10.7. The molecule has 1 heterocycles. The minimum absolute atomic E-state index is 0.743. The zero-order valence-electron chi connectivity index (χ0n) is 8.27. The molecule has 2 nitrogen and oxygen atoms in total. The van der Waals surface area contributed by atoms with Crippen molar-refractivity contribution in [2.24, 2.45) is 0 Å². The summed E-state index contributed by atoms with van der Waals surface area (Å²) in [5.41, 5.74) is 1.08. The first-order valence-electron chi connectivity index (χ1n) is 4.53. The third-order valence-corrected chi connectivity index (χ3v) is 3.16. The van der Waals surface area contributed by atoms with Crippen LogP contribution in [0.2, 0.25) is 0 Å². The largest absolute Gasteiger partial charge is 0.497 e. The number of aldehydes is 1. The number of hydrogen-bond donors (Lipinski definition) is 0. The lowest BCUT2D eigenvalue weighted by molar-refractivity contribution is 0.112. The highest BCUT2D eigenvalue weighted by Gasteiger charge is 2.02. The second-order valence-corrected chi connectivity index (χ2v) is 4.17. The van der Waals surface area contributed by atoms with E-state index in [0.717, 1.165) is 27.4 Å². The van der Waals surface area contributed by atoms with Crippen molar-refractivity contribution in [2.75, 3.05) is 7.11 Å². The van der Waals surface area contributed by atoms with Crippen LogP contribution in [-0.2, 0) is 0 Å². The van der Waals surface area contributed by atoms with E-state index in [4.69, 9.17) is 4.74 Å². The van der Waals surface area contributed by atoms with Crippen molar-refractivity contribution >= 4 is 17.6 Å². The molecule has 2 aromatic rings. The highest BCUT2D eigenvalue weighted by Crippen LogP contribution is 2.29. The zero-order valence-corrected chi connectivity index (χ0v) is 9.08. The number of ether oxygens (including phenoxy) is 1. The number of benzene rings is 1. The molecule has 1 aromatic heterocycles. The summed E-state index contributed by atoms with van der Waals surface area (Å²) in [5, 5.41) is 0. The quantitative estimate of drug-likeness (QED) is 0.739. The molecule has 15 heavy (non-hydrogen) atoms. The van der Waals surface area contributed by atoms with E-state index < -0.39 is 0 Å². The second kappa shape index (κ2) is 4.28. The standard InChI is InChI=1S/C12H10O2S/c1-14-10-4-2-3-9(7-10)12-6-5-11(8-13)15-12/h2-8H,1H3. The van der Waals surface area contributed by atoms with Gasteiger partial charge in [-0.25, -0.2) is 0 Å². The predicted octanol–water partition coefficient (Wildman–Crippen LogP) is 3.24. The number of carbonyl (C=O) groups excluding carboxylic acids is 1. The summed E-state index contributed by atoms with van der Waals surface area (Å²) in [6, 6.07) is 11.6. The van der Waals surface area contributed by atoms with Gasteiger partial charge in [-0.1, -0.05) is 12.1 Å². The van der Waals surface area contributed by atoms with E-state index in [0.29, 0.717) is 0 Å². The van der Waals surface area contributed by atoms with Crippen LogP contribution in [0.4, 0.5) is 0 Å². The lowest BCUT2D eigenvalue weighted by Crippen LogP contribution is -1.81. The van der Waals surface area contributed by atoms with E-state index in [9.17, 15) is 4.79 Å². The Bertz CT molecular complexity index is 474. The average molecular weight is 218 g/mol. The number of hydrogen-bond acceptors (Lipinski definition) is 3. The van der Waals surface area contributed by atoms with Gasteiger partial charge in [0.05, 0.1) is 12.0 Å². The van der Waals surface area contributed by atoms with Crippen LogP contribution in [0.25, 0.3) is 10.4 Å². The van der Waals surface area contributed by atoms with E-state index in [1.807, 2.05) is 36.4 Å². The summed E-state index contributed by atoms with van der Waals surface area (Å²) in [7, 11) is 1.64. The van der Waals surface area contributed by atoms with Gasteiger partial charge in [-0.2, -0.15) is 0 Å².